The van der Waals surface area contributed by atoms with E-state index in [4.69, 9.17) is 4.74 Å². The van der Waals surface area contributed by atoms with Crippen molar-refractivity contribution in [3.05, 3.63) is 23.0 Å². The number of pyridine rings is 1. The Balaban J connectivity index is 2.45. The van der Waals surface area contributed by atoms with Crippen LogP contribution in [0, 0.1) is 13.8 Å². The van der Waals surface area contributed by atoms with E-state index in [0.29, 0.717) is 24.3 Å². The normalized spacial score (nSPS) is 23.5. The molecule has 1 N–H and O–H groups in total. The van der Waals surface area contributed by atoms with Gasteiger partial charge in [-0.2, -0.15) is 0 Å². The number of hydrogen-bond donors (Lipinski definition) is 1. The van der Waals surface area contributed by atoms with E-state index < -0.39 is 5.97 Å². The fraction of sp³-hybridized carbons (Fsp3) is 0.571. The summed E-state index contributed by atoms with van der Waals surface area (Å²) in [6, 6.07) is 1.85. The molecule has 5 heteroatoms. The fourth-order valence-electron chi connectivity index (χ4n) is 2.70. The maximum absolute atomic E-state index is 11.5. The molecule has 2 rings (SSSR count). The summed E-state index contributed by atoms with van der Waals surface area (Å²) < 4.78 is 5.69. The van der Waals surface area contributed by atoms with Crippen molar-refractivity contribution in [2.75, 3.05) is 18.0 Å². The second kappa shape index (κ2) is 5.17. The topological polar surface area (TPSA) is 62.7 Å². The highest BCUT2D eigenvalue weighted by atomic mass is 16.5. The largest absolute Gasteiger partial charge is 0.478 e. The summed E-state index contributed by atoms with van der Waals surface area (Å²) in [7, 11) is 0. The van der Waals surface area contributed by atoms with Gasteiger partial charge in [-0.3, -0.25) is 4.98 Å². The van der Waals surface area contributed by atoms with Crippen LogP contribution in [-0.2, 0) is 4.74 Å². The molecule has 19 heavy (non-hydrogen) atoms. The van der Waals surface area contributed by atoms with Gasteiger partial charge in [0.25, 0.3) is 0 Å². The third-order valence-corrected chi connectivity index (χ3v) is 3.28. The first-order valence-corrected chi connectivity index (χ1v) is 6.50. The predicted octanol–water partition coefficient (Wildman–Crippen LogP) is 2.01. The summed E-state index contributed by atoms with van der Waals surface area (Å²) >= 11 is 0. The minimum absolute atomic E-state index is 0.0965. The van der Waals surface area contributed by atoms with Gasteiger partial charge >= 0.3 is 5.97 Å². The van der Waals surface area contributed by atoms with Crippen LogP contribution in [0.4, 0.5) is 5.69 Å². The predicted molar refractivity (Wildman–Crippen MR) is 72.9 cm³/mol. The molecular formula is C14H20N2O3. The molecule has 5 nitrogen and oxygen atoms in total. The Hall–Kier alpha value is -1.62. The monoisotopic (exact) mass is 264 g/mol. The molecule has 1 aromatic heterocycles. The number of aromatic nitrogens is 1. The van der Waals surface area contributed by atoms with Gasteiger partial charge in [-0.05, 0) is 33.8 Å². The third-order valence-electron chi connectivity index (χ3n) is 3.28. The van der Waals surface area contributed by atoms with Crippen LogP contribution in [-0.4, -0.2) is 41.4 Å². The summed E-state index contributed by atoms with van der Waals surface area (Å²) in [5.74, 6) is -0.924. The Bertz CT molecular complexity index is 492. The van der Waals surface area contributed by atoms with Crippen LogP contribution < -0.4 is 4.90 Å². The molecule has 0 unspecified atom stereocenters. The van der Waals surface area contributed by atoms with Crippen LogP contribution in [0.25, 0.3) is 0 Å². The average molecular weight is 264 g/mol. The first kappa shape index (κ1) is 13.8. The van der Waals surface area contributed by atoms with Crippen LogP contribution in [0.1, 0.15) is 35.6 Å². The van der Waals surface area contributed by atoms with Gasteiger partial charge in [-0.25, -0.2) is 4.79 Å². The van der Waals surface area contributed by atoms with E-state index in [0.717, 1.165) is 11.4 Å². The number of hydrogen-bond acceptors (Lipinski definition) is 4. The van der Waals surface area contributed by atoms with Gasteiger partial charge in [0.2, 0.25) is 0 Å². The number of carboxylic acids is 1. The second-order valence-corrected chi connectivity index (χ2v) is 5.21. The SMILES string of the molecule is Cc1cc(N2C[C@@H](C)O[C@@H](C)C2)c(C(=O)O)c(C)n1. The highest BCUT2D eigenvalue weighted by Crippen LogP contribution is 2.27. The molecular weight excluding hydrogens is 244 g/mol. The molecule has 104 valence electrons. The molecule has 1 saturated heterocycles. The highest BCUT2D eigenvalue weighted by molar-refractivity contribution is 5.95. The quantitative estimate of drug-likeness (QED) is 0.885. The van der Waals surface area contributed by atoms with Gasteiger partial charge < -0.3 is 14.7 Å². The molecule has 0 bridgehead atoms. The fourth-order valence-corrected chi connectivity index (χ4v) is 2.70. The summed E-state index contributed by atoms with van der Waals surface area (Å²) in [5.41, 5.74) is 2.45. The van der Waals surface area contributed by atoms with E-state index >= 15 is 0 Å². The van der Waals surface area contributed by atoms with Crippen molar-refractivity contribution in [1.82, 2.24) is 4.98 Å². The molecule has 0 saturated carbocycles. The molecule has 1 aliphatic heterocycles. The number of anilines is 1. The zero-order valence-corrected chi connectivity index (χ0v) is 11.8. The van der Waals surface area contributed by atoms with Crippen LogP contribution in [0.5, 0.6) is 0 Å². The number of rotatable bonds is 2. The van der Waals surface area contributed by atoms with Crippen molar-refractivity contribution in [3.8, 4) is 0 Å². The third kappa shape index (κ3) is 2.87. The number of morpholine rings is 1. The summed E-state index contributed by atoms with van der Waals surface area (Å²) in [6.07, 6.45) is 0.193. The number of nitrogens with zero attached hydrogens (tertiary/aromatic N) is 2. The van der Waals surface area contributed by atoms with Crippen LogP contribution in [0.2, 0.25) is 0 Å². The van der Waals surface area contributed by atoms with E-state index in [1.807, 2.05) is 26.8 Å². The lowest BCUT2D eigenvalue weighted by molar-refractivity contribution is -0.00533. The second-order valence-electron chi connectivity index (χ2n) is 5.21. The zero-order valence-electron chi connectivity index (χ0n) is 11.8. The molecule has 0 radical (unpaired) electrons. The van der Waals surface area contributed by atoms with Crippen molar-refractivity contribution < 1.29 is 14.6 Å². The molecule has 2 atom stereocenters. The van der Waals surface area contributed by atoms with Gasteiger partial charge in [-0.1, -0.05) is 0 Å². The lowest BCUT2D eigenvalue weighted by Gasteiger charge is -2.37. The minimum Gasteiger partial charge on any atom is -0.478 e. The maximum atomic E-state index is 11.5. The lowest BCUT2D eigenvalue weighted by atomic mass is 10.1. The summed E-state index contributed by atoms with van der Waals surface area (Å²) in [4.78, 5) is 17.8. The van der Waals surface area contributed by atoms with E-state index in [-0.39, 0.29) is 12.2 Å². The smallest absolute Gasteiger partial charge is 0.339 e. The van der Waals surface area contributed by atoms with Crippen molar-refractivity contribution in [1.29, 1.82) is 0 Å². The molecule has 1 aromatic rings. The molecule has 0 aliphatic carbocycles. The molecule has 0 spiro atoms. The van der Waals surface area contributed by atoms with E-state index in [1.54, 1.807) is 6.92 Å². The minimum atomic E-state index is -0.924. The Kier molecular flexibility index (Phi) is 3.75. The first-order chi connectivity index (χ1) is 8.88. The number of ether oxygens (including phenoxy) is 1. The Labute approximate surface area is 113 Å². The van der Waals surface area contributed by atoms with Gasteiger partial charge in [0.1, 0.15) is 5.56 Å². The Morgan fingerprint density at radius 2 is 1.95 bits per heavy atom. The van der Waals surface area contributed by atoms with Crippen molar-refractivity contribution >= 4 is 11.7 Å². The van der Waals surface area contributed by atoms with Gasteiger partial charge in [0.15, 0.2) is 0 Å². The first-order valence-electron chi connectivity index (χ1n) is 6.50. The molecule has 0 amide bonds. The number of carboxylic acid groups (broad SMARTS) is 1. The summed E-state index contributed by atoms with van der Waals surface area (Å²) in [5, 5.41) is 9.40. The molecule has 1 fully saturated rings. The van der Waals surface area contributed by atoms with E-state index in [2.05, 4.69) is 9.88 Å². The molecule has 2 heterocycles. The van der Waals surface area contributed by atoms with Crippen LogP contribution in [0.3, 0.4) is 0 Å². The maximum Gasteiger partial charge on any atom is 0.339 e. The van der Waals surface area contributed by atoms with Crippen LogP contribution >= 0.6 is 0 Å². The molecule has 0 aromatic carbocycles. The number of aryl methyl sites for hydroxylation is 2. The standard InChI is InChI=1S/C14H20N2O3/c1-8-5-12(13(14(17)18)11(4)15-8)16-6-9(2)19-10(3)7-16/h5,9-10H,6-7H2,1-4H3,(H,17,18)/t9-,10+. The average Bonchev–Trinajstić information content (AvgIpc) is 2.25. The number of carbonyl (C=O) groups is 1. The van der Waals surface area contributed by atoms with E-state index in [9.17, 15) is 9.90 Å². The van der Waals surface area contributed by atoms with Gasteiger partial charge in [0.05, 0.1) is 23.6 Å². The zero-order chi connectivity index (χ0) is 14.2. The van der Waals surface area contributed by atoms with Crippen molar-refractivity contribution in [2.45, 2.75) is 39.9 Å². The van der Waals surface area contributed by atoms with Gasteiger partial charge in [-0.15, -0.1) is 0 Å². The summed E-state index contributed by atoms with van der Waals surface area (Å²) in [6.45, 7) is 9.04. The Morgan fingerprint density at radius 3 is 2.47 bits per heavy atom. The lowest BCUT2D eigenvalue weighted by Crippen LogP contribution is -2.46. The van der Waals surface area contributed by atoms with Crippen molar-refractivity contribution in [3.63, 3.8) is 0 Å². The molecule has 1 aliphatic rings. The Morgan fingerprint density at radius 1 is 1.37 bits per heavy atom. The van der Waals surface area contributed by atoms with Crippen LogP contribution in [0.15, 0.2) is 6.07 Å². The van der Waals surface area contributed by atoms with Gasteiger partial charge in [0, 0.05) is 18.8 Å². The van der Waals surface area contributed by atoms with E-state index in [1.165, 1.54) is 0 Å². The highest BCUT2D eigenvalue weighted by Gasteiger charge is 2.27. The number of aromatic carboxylic acids is 1. The van der Waals surface area contributed by atoms with Crippen molar-refractivity contribution in [2.24, 2.45) is 0 Å².